The first-order valence-electron chi connectivity index (χ1n) is 7.21. The topological polar surface area (TPSA) is 124 Å². The van der Waals surface area contributed by atoms with Gasteiger partial charge in [-0.25, -0.2) is 8.42 Å². The van der Waals surface area contributed by atoms with Crippen LogP contribution < -0.4 is 29.6 Å². The van der Waals surface area contributed by atoms with E-state index in [1.807, 2.05) is 6.07 Å². The Hall–Kier alpha value is -0.110. The summed E-state index contributed by atoms with van der Waals surface area (Å²) in [6.07, 6.45) is -6.73. The summed E-state index contributed by atoms with van der Waals surface area (Å²) in [5.41, 5.74) is 0.697. The number of aliphatic hydroxyl groups is 1. The molecule has 0 saturated carbocycles. The van der Waals surface area contributed by atoms with Crippen LogP contribution in [-0.4, -0.2) is 62.5 Å². The Morgan fingerprint density at radius 2 is 1.92 bits per heavy atom. The number of hydrogen-bond donors (Lipinski definition) is 1. The SMILES string of the molecule is CO[C@H]1O[C@@H]2COC(c3ccccc3)O[C@H]2[C@H](OS(=O)(=O)[O-])[C@@H]1O.[Na+]. The summed E-state index contributed by atoms with van der Waals surface area (Å²) in [5.74, 6) is 0. The van der Waals surface area contributed by atoms with E-state index in [4.69, 9.17) is 18.9 Å². The number of aliphatic hydroxyl groups excluding tert-OH is 1. The third-order valence-corrected chi connectivity index (χ3v) is 4.30. The van der Waals surface area contributed by atoms with Gasteiger partial charge in [0, 0.05) is 12.7 Å². The molecule has 6 atom stereocenters. The van der Waals surface area contributed by atoms with Gasteiger partial charge in [0.15, 0.2) is 12.6 Å². The smallest absolute Gasteiger partial charge is 0.726 e. The Kier molecular flexibility index (Phi) is 7.39. The minimum Gasteiger partial charge on any atom is -0.726 e. The van der Waals surface area contributed by atoms with Gasteiger partial charge in [-0.15, -0.1) is 0 Å². The molecule has 2 saturated heterocycles. The zero-order valence-electron chi connectivity index (χ0n) is 13.7. The Balaban J connectivity index is 0.00000225. The van der Waals surface area contributed by atoms with Gasteiger partial charge in [0.1, 0.15) is 24.4 Å². The van der Waals surface area contributed by atoms with Crippen LogP contribution in [0.5, 0.6) is 0 Å². The molecule has 1 aromatic rings. The quantitative estimate of drug-likeness (QED) is 0.323. The molecule has 0 aromatic heterocycles. The van der Waals surface area contributed by atoms with Gasteiger partial charge in [-0.05, 0) is 0 Å². The molecule has 0 radical (unpaired) electrons. The molecule has 2 aliphatic heterocycles. The zero-order chi connectivity index (χ0) is 17.3. The largest absolute Gasteiger partial charge is 1.00 e. The van der Waals surface area contributed by atoms with Gasteiger partial charge in [-0.1, -0.05) is 30.3 Å². The molecule has 1 unspecified atom stereocenters. The Labute approximate surface area is 167 Å². The third-order valence-electron chi connectivity index (χ3n) is 3.84. The minimum atomic E-state index is -5.06. The van der Waals surface area contributed by atoms with Crippen molar-refractivity contribution in [1.82, 2.24) is 0 Å². The number of benzene rings is 1. The van der Waals surface area contributed by atoms with Crippen LogP contribution in [0.25, 0.3) is 0 Å². The molecular formula is C14H17NaO9S. The van der Waals surface area contributed by atoms with E-state index in [2.05, 4.69) is 4.18 Å². The standard InChI is InChI=1S/C14H18O9S.Na/c1-19-14-10(15)12(23-24(16,17)18)11-9(21-14)7-20-13(22-11)8-5-3-2-4-6-8;/h2-6,9-15H,7H2,1H3,(H,16,17,18);/q;+1/p-1/t9-,10+,11-,12-,13?,14+;/m1./s1. The molecule has 0 amide bonds. The molecule has 0 spiro atoms. The Bertz CT molecular complexity index is 656. The van der Waals surface area contributed by atoms with Crippen LogP contribution in [0.15, 0.2) is 30.3 Å². The summed E-state index contributed by atoms with van der Waals surface area (Å²) < 4.78 is 59.2. The van der Waals surface area contributed by atoms with E-state index in [1.165, 1.54) is 7.11 Å². The van der Waals surface area contributed by atoms with E-state index in [0.717, 1.165) is 0 Å². The molecule has 2 heterocycles. The van der Waals surface area contributed by atoms with Crippen molar-refractivity contribution < 1.29 is 70.8 Å². The van der Waals surface area contributed by atoms with Crippen molar-refractivity contribution in [3.05, 3.63) is 35.9 Å². The van der Waals surface area contributed by atoms with Crippen molar-refractivity contribution in [2.45, 2.75) is 37.0 Å². The molecule has 134 valence electrons. The van der Waals surface area contributed by atoms with Crippen molar-refractivity contribution in [3.8, 4) is 0 Å². The molecule has 1 N–H and O–H groups in total. The summed E-state index contributed by atoms with van der Waals surface area (Å²) >= 11 is 0. The maximum absolute atomic E-state index is 11.0. The molecule has 9 nitrogen and oxygen atoms in total. The molecule has 2 aliphatic rings. The van der Waals surface area contributed by atoms with E-state index in [1.54, 1.807) is 24.3 Å². The van der Waals surface area contributed by atoms with Crippen molar-refractivity contribution >= 4 is 10.4 Å². The fourth-order valence-electron chi connectivity index (χ4n) is 2.78. The van der Waals surface area contributed by atoms with Crippen LogP contribution in [0.4, 0.5) is 0 Å². The zero-order valence-corrected chi connectivity index (χ0v) is 16.5. The van der Waals surface area contributed by atoms with Crippen molar-refractivity contribution in [2.24, 2.45) is 0 Å². The number of rotatable bonds is 4. The number of ether oxygens (including phenoxy) is 4. The molecule has 2 fully saturated rings. The fourth-order valence-corrected chi connectivity index (χ4v) is 3.28. The molecular weight excluding hydrogens is 367 g/mol. The summed E-state index contributed by atoms with van der Waals surface area (Å²) in [5, 5.41) is 10.2. The van der Waals surface area contributed by atoms with Crippen LogP contribution in [0, 0.1) is 0 Å². The Morgan fingerprint density at radius 3 is 2.52 bits per heavy atom. The van der Waals surface area contributed by atoms with E-state index < -0.39 is 47.4 Å². The molecule has 11 heteroatoms. The third kappa shape index (κ3) is 4.99. The number of hydrogen-bond acceptors (Lipinski definition) is 9. The molecule has 25 heavy (non-hydrogen) atoms. The van der Waals surface area contributed by atoms with Gasteiger partial charge in [0.05, 0.1) is 6.61 Å². The first-order valence-corrected chi connectivity index (χ1v) is 8.55. The van der Waals surface area contributed by atoms with E-state index in [0.29, 0.717) is 5.56 Å². The number of methoxy groups -OCH3 is 1. The van der Waals surface area contributed by atoms with Crippen LogP contribution in [-0.2, 0) is 33.5 Å². The molecule has 0 aliphatic carbocycles. The molecule has 0 bridgehead atoms. The first kappa shape index (κ1) is 21.2. The van der Waals surface area contributed by atoms with Crippen molar-refractivity contribution in [3.63, 3.8) is 0 Å². The molecule has 3 rings (SSSR count). The minimum absolute atomic E-state index is 0. The van der Waals surface area contributed by atoms with E-state index >= 15 is 0 Å². The maximum Gasteiger partial charge on any atom is 1.00 e. The molecule has 1 aromatic carbocycles. The van der Waals surface area contributed by atoms with Gasteiger partial charge in [0.2, 0.25) is 10.4 Å². The predicted molar refractivity (Wildman–Crippen MR) is 76.3 cm³/mol. The normalized spacial score (nSPS) is 35.5. The van der Waals surface area contributed by atoms with Crippen molar-refractivity contribution in [1.29, 1.82) is 0 Å². The summed E-state index contributed by atoms with van der Waals surface area (Å²) in [6, 6.07) is 8.93. The second-order valence-corrected chi connectivity index (χ2v) is 6.42. The van der Waals surface area contributed by atoms with Gasteiger partial charge < -0.3 is 28.6 Å². The van der Waals surface area contributed by atoms with E-state index in [9.17, 15) is 18.1 Å². The van der Waals surface area contributed by atoms with Gasteiger partial charge in [-0.3, -0.25) is 4.18 Å². The van der Waals surface area contributed by atoms with Crippen LogP contribution in [0.1, 0.15) is 11.9 Å². The number of fused-ring (bicyclic) bond motifs is 1. The van der Waals surface area contributed by atoms with Crippen LogP contribution in [0.2, 0.25) is 0 Å². The second-order valence-electron chi connectivity index (χ2n) is 5.41. The van der Waals surface area contributed by atoms with Gasteiger partial charge >= 0.3 is 29.6 Å². The van der Waals surface area contributed by atoms with Crippen molar-refractivity contribution in [2.75, 3.05) is 13.7 Å². The fraction of sp³-hybridized carbons (Fsp3) is 0.571. The second kappa shape index (κ2) is 8.72. The van der Waals surface area contributed by atoms with Crippen LogP contribution in [0.3, 0.4) is 0 Å². The predicted octanol–water partition coefficient (Wildman–Crippen LogP) is -3.32. The van der Waals surface area contributed by atoms with Crippen LogP contribution >= 0.6 is 0 Å². The first-order chi connectivity index (χ1) is 11.4. The Morgan fingerprint density at radius 1 is 1.24 bits per heavy atom. The van der Waals surface area contributed by atoms with Gasteiger partial charge in [-0.2, -0.15) is 0 Å². The summed E-state index contributed by atoms with van der Waals surface area (Å²) in [4.78, 5) is 0. The van der Waals surface area contributed by atoms with Gasteiger partial charge in [0.25, 0.3) is 0 Å². The average Bonchev–Trinajstić information content (AvgIpc) is 2.56. The monoisotopic (exact) mass is 384 g/mol. The summed E-state index contributed by atoms with van der Waals surface area (Å²) in [7, 11) is -3.79. The van der Waals surface area contributed by atoms with E-state index in [-0.39, 0.29) is 36.2 Å². The maximum atomic E-state index is 11.0. The summed E-state index contributed by atoms with van der Waals surface area (Å²) in [6.45, 7) is 0.0512. The average molecular weight is 384 g/mol.